The summed E-state index contributed by atoms with van der Waals surface area (Å²) in [7, 11) is 3.21. The Morgan fingerprint density at radius 2 is 1.85 bits per heavy atom. The molecule has 1 aromatic heterocycles. The topological polar surface area (TPSA) is 72.5 Å². The number of urea groups is 1. The van der Waals surface area contributed by atoms with Crippen LogP contribution in [0.1, 0.15) is 5.56 Å². The fourth-order valence-corrected chi connectivity index (χ4v) is 3.24. The number of thiazole rings is 1. The lowest BCUT2D eigenvalue weighted by Crippen LogP contribution is -2.30. The molecule has 0 fully saturated rings. The van der Waals surface area contributed by atoms with Crippen LogP contribution in [0.25, 0.3) is 10.6 Å². The second-order valence-corrected chi connectivity index (χ2v) is 6.63. The van der Waals surface area contributed by atoms with Crippen LogP contribution in [0.3, 0.4) is 0 Å². The van der Waals surface area contributed by atoms with Crippen molar-refractivity contribution in [2.24, 2.45) is 0 Å². The molecule has 3 rings (SSSR count). The first-order chi connectivity index (χ1) is 13.2. The fraction of sp³-hybridized carbons (Fsp3) is 0.200. The second-order valence-electron chi connectivity index (χ2n) is 5.73. The van der Waals surface area contributed by atoms with Crippen LogP contribution in [-0.4, -0.2) is 31.8 Å². The van der Waals surface area contributed by atoms with Crippen molar-refractivity contribution in [3.05, 3.63) is 59.6 Å². The van der Waals surface area contributed by atoms with E-state index in [1.807, 2.05) is 47.8 Å². The summed E-state index contributed by atoms with van der Waals surface area (Å²) in [5.74, 6) is 1.37. The zero-order valence-electron chi connectivity index (χ0n) is 15.2. The molecule has 2 amide bonds. The molecule has 27 heavy (non-hydrogen) atoms. The summed E-state index contributed by atoms with van der Waals surface area (Å²) in [4.78, 5) is 16.3. The minimum atomic E-state index is -0.238. The number of methoxy groups -OCH3 is 2. The highest BCUT2D eigenvalue weighted by atomic mass is 32.1. The maximum atomic E-state index is 12.1. The van der Waals surface area contributed by atoms with E-state index in [1.54, 1.807) is 31.8 Å². The number of amides is 2. The van der Waals surface area contributed by atoms with Crippen LogP contribution >= 0.6 is 11.3 Å². The van der Waals surface area contributed by atoms with Crippen LogP contribution in [-0.2, 0) is 6.42 Å². The SMILES string of the molecule is COc1ccc(CCNC(=O)Nc2ccc(-c3nccs3)cc2)cc1OC. The first kappa shape index (κ1) is 18.7. The van der Waals surface area contributed by atoms with Crippen LogP contribution in [0, 0.1) is 0 Å². The second kappa shape index (κ2) is 9.05. The van der Waals surface area contributed by atoms with Crippen molar-refractivity contribution in [3.63, 3.8) is 0 Å². The van der Waals surface area contributed by atoms with Crippen LogP contribution < -0.4 is 20.1 Å². The Labute approximate surface area is 162 Å². The molecule has 0 radical (unpaired) electrons. The first-order valence-electron chi connectivity index (χ1n) is 8.45. The van der Waals surface area contributed by atoms with Gasteiger partial charge in [0, 0.05) is 29.4 Å². The average molecular weight is 383 g/mol. The van der Waals surface area contributed by atoms with Crippen molar-refractivity contribution < 1.29 is 14.3 Å². The maximum absolute atomic E-state index is 12.1. The third-order valence-corrected chi connectivity index (χ3v) is 4.79. The molecule has 140 valence electrons. The van der Waals surface area contributed by atoms with E-state index < -0.39 is 0 Å². The highest BCUT2D eigenvalue weighted by Gasteiger charge is 2.06. The smallest absolute Gasteiger partial charge is 0.319 e. The lowest BCUT2D eigenvalue weighted by molar-refractivity contribution is 0.252. The Bertz CT molecular complexity index is 880. The third-order valence-electron chi connectivity index (χ3n) is 3.97. The molecule has 0 aliphatic heterocycles. The van der Waals surface area contributed by atoms with Gasteiger partial charge in [0.05, 0.1) is 14.2 Å². The predicted octanol–water partition coefficient (Wildman–Crippen LogP) is 4.19. The predicted molar refractivity (Wildman–Crippen MR) is 108 cm³/mol. The number of ether oxygens (including phenoxy) is 2. The number of hydrogen-bond donors (Lipinski definition) is 2. The molecule has 1 heterocycles. The number of hydrogen-bond acceptors (Lipinski definition) is 5. The van der Waals surface area contributed by atoms with Crippen LogP contribution in [0.15, 0.2) is 54.0 Å². The number of carbonyl (C=O) groups excluding carboxylic acids is 1. The van der Waals surface area contributed by atoms with Crippen LogP contribution in [0.5, 0.6) is 11.5 Å². The van der Waals surface area contributed by atoms with Gasteiger partial charge in [-0.05, 0) is 48.4 Å². The third kappa shape index (κ3) is 4.98. The van der Waals surface area contributed by atoms with Crippen LogP contribution in [0.4, 0.5) is 10.5 Å². The van der Waals surface area contributed by atoms with E-state index >= 15 is 0 Å². The quantitative estimate of drug-likeness (QED) is 0.642. The van der Waals surface area contributed by atoms with E-state index in [0.29, 0.717) is 24.5 Å². The van der Waals surface area contributed by atoms with E-state index in [-0.39, 0.29) is 6.03 Å². The van der Waals surface area contributed by atoms with E-state index in [2.05, 4.69) is 15.6 Å². The van der Waals surface area contributed by atoms with Crippen molar-refractivity contribution in [2.45, 2.75) is 6.42 Å². The molecule has 0 aliphatic rings. The normalized spacial score (nSPS) is 10.3. The summed E-state index contributed by atoms with van der Waals surface area (Å²) >= 11 is 1.58. The molecule has 0 aliphatic carbocycles. The van der Waals surface area contributed by atoms with Gasteiger partial charge in [0.2, 0.25) is 0 Å². The van der Waals surface area contributed by atoms with Crippen LogP contribution in [0.2, 0.25) is 0 Å². The number of nitrogens with zero attached hydrogens (tertiary/aromatic N) is 1. The highest BCUT2D eigenvalue weighted by Crippen LogP contribution is 2.27. The Hall–Kier alpha value is -3.06. The molecule has 0 bridgehead atoms. The zero-order valence-corrected chi connectivity index (χ0v) is 16.0. The van der Waals surface area contributed by atoms with Crippen molar-refractivity contribution in [1.82, 2.24) is 10.3 Å². The van der Waals surface area contributed by atoms with Gasteiger partial charge in [0.1, 0.15) is 5.01 Å². The minimum absolute atomic E-state index is 0.238. The van der Waals surface area contributed by atoms with Gasteiger partial charge in [0.15, 0.2) is 11.5 Å². The maximum Gasteiger partial charge on any atom is 0.319 e. The highest BCUT2D eigenvalue weighted by molar-refractivity contribution is 7.13. The van der Waals surface area contributed by atoms with Crippen molar-refractivity contribution in [2.75, 3.05) is 26.1 Å². The Morgan fingerprint density at radius 3 is 2.52 bits per heavy atom. The molecular formula is C20H21N3O3S. The molecule has 0 spiro atoms. The molecule has 0 atom stereocenters. The monoisotopic (exact) mass is 383 g/mol. The number of anilines is 1. The van der Waals surface area contributed by atoms with Gasteiger partial charge in [-0.2, -0.15) is 0 Å². The van der Waals surface area contributed by atoms with E-state index in [0.717, 1.165) is 21.8 Å². The molecule has 7 heteroatoms. The number of carbonyl (C=O) groups is 1. The fourth-order valence-electron chi connectivity index (χ4n) is 2.59. The van der Waals surface area contributed by atoms with Gasteiger partial charge in [-0.25, -0.2) is 9.78 Å². The Kier molecular flexibility index (Phi) is 6.27. The van der Waals surface area contributed by atoms with Crippen molar-refractivity contribution in [1.29, 1.82) is 0 Å². The summed E-state index contributed by atoms with van der Waals surface area (Å²) in [5, 5.41) is 8.58. The summed E-state index contributed by atoms with van der Waals surface area (Å²) < 4.78 is 10.5. The Balaban J connectivity index is 1.48. The lowest BCUT2D eigenvalue weighted by atomic mass is 10.1. The number of benzene rings is 2. The van der Waals surface area contributed by atoms with Gasteiger partial charge < -0.3 is 20.1 Å². The van der Waals surface area contributed by atoms with E-state index in [9.17, 15) is 4.79 Å². The summed E-state index contributed by atoms with van der Waals surface area (Å²) in [6, 6.07) is 13.1. The van der Waals surface area contributed by atoms with Gasteiger partial charge >= 0.3 is 6.03 Å². The molecule has 3 aromatic rings. The summed E-state index contributed by atoms with van der Waals surface area (Å²) in [6.45, 7) is 0.512. The Morgan fingerprint density at radius 1 is 1.07 bits per heavy atom. The van der Waals surface area contributed by atoms with Gasteiger partial charge in [-0.3, -0.25) is 0 Å². The molecule has 0 saturated heterocycles. The summed E-state index contributed by atoms with van der Waals surface area (Å²) in [6.07, 6.45) is 2.47. The van der Waals surface area contributed by atoms with Gasteiger partial charge in [-0.1, -0.05) is 6.07 Å². The van der Waals surface area contributed by atoms with Gasteiger partial charge in [-0.15, -0.1) is 11.3 Å². The number of nitrogens with one attached hydrogen (secondary N) is 2. The van der Waals surface area contributed by atoms with Gasteiger partial charge in [0.25, 0.3) is 0 Å². The van der Waals surface area contributed by atoms with Crippen molar-refractivity contribution in [3.8, 4) is 22.1 Å². The summed E-state index contributed by atoms with van der Waals surface area (Å²) in [5.41, 5.74) is 2.82. The zero-order chi connectivity index (χ0) is 19.1. The number of rotatable bonds is 7. The molecule has 0 unspecified atom stereocenters. The molecule has 6 nitrogen and oxygen atoms in total. The minimum Gasteiger partial charge on any atom is -0.493 e. The lowest BCUT2D eigenvalue weighted by Gasteiger charge is -2.11. The molecular weight excluding hydrogens is 362 g/mol. The number of aromatic nitrogens is 1. The van der Waals surface area contributed by atoms with Crippen molar-refractivity contribution >= 4 is 23.1 Å². The molecule has 0 saturated carbocycles. The van der Waals surface area contributed by atoms with E-state index in [1.165, 1.54) is 0 Å². The average Bonchev–Trinajstić information content (AvgIpc) is 3.23. The largest absolute Gasteiger partial charge is 0.493 e. The molecule has 2 N–H and O–H groups in total. The standard InChI is InChI=1S/C20H21N3O3S/c1-25-17-8-3-14(13-18(17)26-2)9-10-22-20(24)23-16-6-4-15(5-7-16)19-21-11-12-27-19/h3-8,11-13H,9-10H2,1-2H3,(H2,22,23,24). The first-order valence-corrected chi connectivity index (χ1v) is 9.33. The van der Waals surface area contributed by atoms with E-state index in [4.69, 9.17) is 9.47 Å². The molecule has 2 aromatic carbocycles.